The molecule has 0 amide bonds. The number of hydrogen-bond acceptors (Lipinski definition) is 9. The minimum atomic E-state index is -0.999. The molecule has 1 saturated heterocycles. The lowest BCUT2D eigenvalue weighted by molar-refractivity contribution is -0.138. The van der Waals surface area contributed by atoms with Gasteiger partial charge in [0.05, 0.1) is 17.9 Å². The molecule has 1 aliphatic heterocycles. The highest BCUT2D eigenvalue weighted by molar-refractivity contribution is 7.99. The van der Waals surface area contributed by atoms with E-state index in [1.165, 1.54) is 6.33 Å². The molecule has 1 fully saturated rings. The summed E-state index contributed by atoms with van der Waals surface area (Å²) in [6.07, 6.45) is 0.808. The first-order valence-corrected chi connectivity index (χ1v) is 8.97. The number of aliphatic hydroxyl groups is 1. The summed E-state index contributed by atoms with van der Waals surface area (Å²) in [7, 11) is 0. The van der Waals surface area contributed by atoms with Crippen LogP contribution in [-0.2, 0) is 9.53 Å². The lowest BCUT2D eigenvalue weighted by Gasteiger charge is -2.13. The summed E-state index contributed by atoms with van der Waals surface area (Å²) < 4.78 is 5.93. The van der Waals surface area contributed by atoms with Gasteiger partial charge in [0.25, 0.3) is 0 Å². The second kappa shape index (κ2) is 7.52. The second-order valence-electron chi connectivity index (χ2n) is 5.88. The molecule has 7 N–H and O–H groups in total. The third-order valence-electron chi connectivity index (χ3n) is 4.07. The molecule has 11 heteroatoms. The maximum atomic E-state index is 10.7. The van der Waals surface area contributed by atoms with Crippen molar-refractivity contribution in [3.63, 3.8) is 0 Å². The van der Waals surface area contributed by atoms with Crippen LogP contribution in [-0.4, -0.2) is 66.1 Å². The standard InChI is InChI=1S/C14H20N6O4S/c15-7(14(22)23)1-2-25-4-6-3-8(21)12(24-6)10-9-11(20-19-10)13(16)18-5-17-9/h5-8,12,21H,1-4,15H2,(H,19,20)(H,22,23)(H2,16,17,18)/t6-,7?,8+,12+/m0/s1. The third-order valence-corrected chi connectivity index (χ3v) is 5.20. The number of carboxylic acid groups (broad SMARTS) is 1. The van der Waals surface area contributed by atoms with E-state index in [0.717, 1.165) is 0 Å². The molecule has 0 saturated carbocycles. The van der Waals surface area contributed by atoms with Crippen LogP contribution in [0.3, 0.4) is 0 Å². The number of anilines is 1. The first-order valence-electron chi connectivity index (χ1n) is 7.81. The predicted octanol–water partition coefficient (Wildman–Crippen LogP) is -0.339. The molecule has 3 heterocycles. The minimum Gasteiger partial charge on any atom is -0.480 e. The summed E-state index contributed by atoms with van der Waals surface area (Å²) in [5.74, 6) is 0.524. The Kier molecular flexibility index (Phi) is 5.37. The highest BCUT2D eigenvalue weighted by Crippen LogP contribution is 2.36. The van der Waals surface area contributed by atoms with E-state index in [-0.39, 0.29) is 11.9 Å². The van der Waals surface area contributed by atoms with Gasteiger partial charge in [-0.2, -0.15) is 16.9 Å². The van der Waals surface area contributed by atoms with E-state index in [9.17, 15) is 9.90 Å². The van der Waals surface area contributed by atoms with Crippen LogP contribution in [0.25, 0.3) is 11.0 Å². The zero-order valence-corrected chi connectivity index (χ0v) is 14.1. The molecular weight excluding hydrogens is 348 g/mol. The average molecular weight is 368 g/mol. The number of hydrogen-bond donors (Lipinski definition) is 5. The number of nitrogens with one attached hydrogen (secondary N) is 1. The highest BCUT2D eigenvalue weighted by atomic mass is 32.2. The van der Waals surface area contributed by atoms with Crippen molar-refractivity contribution in [3.05, 3.63) is 12.0 Å². The van der Waals surface area contributed by atoms with Gasteiger partial charge in [0, 0.05) is 12.2 Å². The molecule has 0 aliphatic carbocycles. The predicted molar refractivity (Wildman–Crippen MR) is 91.9 cm³/mol. The number of aromatic nitrogens is 4. The number of rotatable bonds is 7. The van der Waals surface area contributed by atoms with Crippen LogP contribution in [0.4, 0.5) is 5.82 Å². The first kappa shape index (κ1) is 17.9. The molecule has 3 rings (SSSR count). The van der Waals surface area contributed by atoms with E-state index in [1.807, 2.05) is 0 Å². The largest absolute Gasteiger partial charge is 0.480 e. The average Bonchev–Trinajstić information content (AvgIpc) is 3.15. The fourth-order valence-electron chi connectivity index (χ4n) is 2.73. The second-order valence-corrected chi connectivity index (χ2v) is 7.03. The molecule has 4 atom stereocenters. The van der Waals surface area contributed by atoms with Crippen LogP contribution in [0.5, 0.6) is 0 Å². The van der Waals surface area contributed by atoms with E-state index in [1.54, 1.807) is 11.8 Å². The van der Waals surface area contributed by atoms with E-state index in [4.69, 9.17) is 21.3 Å². The number of nitrogen functional groups attached to an aromatic ring is 1. The van der Waals surface area contributed by atoms with E-state index in [0.29, 0.717) is 41.1 Å². The minimum absolute atomic E-state index is 0.149. The van der Waals surface area contributed by atoms with Crippen LogP contribution < -0.4 is 11.5 Å². The van der Waals surface area contributed by atoms with Gasteiger partial charge >= 0.3 is 5.97 Å². The smallest absolute Gasteiger partial charge is 0.320 e. The molecule has 2 aromatic rings. The van der Waals surface area contributed by atoms with Gasteiger partial charge in [-0.25, -0.2) is 9.97 Å². The Morgan fingerprint density at radius 3 is 3.04 bits per heavy atom. The summed E-state index contributed by atoms with van der Waals surface area (Å²) in [6.45, 7) is 0. The molecule has 1 unspecified atom stereocenters. The van der Waals surface area contributed by atoms with Crippen molar-refractivity contribution in [1.82, 2.24) is 20.2 Å². The molecule has 136 valence electrons. The Morgan fingerprint density at radius 2 is 2.28 bits per heavy atom. The molecule has 2 aromatic heterocycles. The summed E-state index contributed by atoms with van der Waals surface area (Å²) in [5, 5.41) is 26.0. The van der Waals surface area contributed by atoms with Gasteiger partial charge in [-0.05, 0) is 12.2 Å². The Hall–Kier alpha value is -1.95. The third kappa shape index (κ3) is 3.84. The van der Waals surface area contributed by atoms with E-state index >= 15 is 0 Å². The Morgan fingerprint density at radius 1 is 1.48 bits per heavy atom. The zero-order chi connectivity index (χ0) is 18.0. The number of carboxylic acids is 1. The number of carbonyl (C=O) groups is 1. The van der Waals surface area contributed by atoms with Crippen LogP contribution in [0.1, 0.15) is 24.6 Å². The number of aromatic amines is 1. The lowest BCUT2D eigenvalue weighted by Crippen LogP contribution is -2.30. The van der Waals surface area contributed by atoms with Gasteiger partial charge in [0.15, 0.2) is 11.3 Å². The van der Waals surface area contributed by atoms with E-state index < -0.39 is 24.2 Å². The first-order chi connectivity index (χ1) is 12.0. The monoisotopic (exact) mass is 368 g/mol. The summed E-state index contributed by atoms with van der Waals surface area (Å²) >= 11 is 1.55. The van der Waals surface area contributed by atoms with Gasteiger partial charge in [-0.15, -0.1) is 0 Å². The Labute approximate surface area is 147 Å². The highest BCUT2D eigenvalue weighted by Gasteiger charge is 2.37. The summed E-state index contributed by atoms with van der Waals surface area (Å²) in [6, 6.07) is -0.850. The molecule has 0 bridgehead atoms. The topological polar surface area (TPSA) is 173 Å². The Balaban J connectivity index is 1.58. The van der Waals surface area contributed by atoms with Crippen LogP contribution >= 0.6 is 11.8 Å². The summed E-state index contributed by atoms with van der Waals surface area (Å²) in [4.78, 5) is 18.7. The quantitative estimate of drug-likeness (QED) is 0.407. The maximum Gasteiger partial charge on any atom is 0.320 e. The van der Waals surface area contributed by atoms with Crippen LogP contribution in [0.15, 0.2) is 6.33 Å². The van der Waals surface area contributed by atoms with Crippen molar-refractivity contribution >= 4 is 34.6 Å². The number of nitrogens with two attached hydrogens (primary N) is 2. The van der Waals surface area contributed by atoms with Crippen LogP contribution in [0.2, 0.25) is 0 Å². The summed E-state index contributed by atoms with van der Waals surface area (Å²) in [5.41, 5.74) is 12.8. The molecule has 0 aromatic carbocycles. The molecular formula is C14H20N6O4S. The van der Waals surface area contributed by atoms with Crippen molar-refractivity contribution < 1.29 is 19.7 Å². The maximum absolute atomic E-state index is 10.7. The van der Waals surface area contributed by atoms with Gasteiger partial charge in [-0.3, -0.25) is 9.89 Å². The fraction of sp³-hybridized carbons (Fsp3) is 0.571. The normalized spacial score (nSPS) is 24.6. The SMILES string of the molecule is Nc1ncnc2c([C@@H]3O[C@H](CSCCC(N)C(=O)O)C[C@H]3O)[nH]nc12. The van der Waals surface area contributed by atoms with Gasteiger partial charge in [0.1, 0.15) is 24.0 Å². The zero-order valence-electron chi connectivity index (χ0n) is 13.3. The number of aliphatic carboxylic acids is 1. The molecule has 0 radical (unpaired) electrons. The van der Waals surface area contributed by atoms with Gasteiger partial charge < -0.3 is 26.4 Å². The van der Waals surface area contributed by atoms with Crippen molar-refractivity contribution in [1.29, 1.82) is 0 Å². The van der Waals surface area contributed by atoms with Crippen molar-refractivity contribution in [3.8, 4) is 0 Å². The fourth-order valence-corrected chi connectivity index (χ4v) is 3.79. The Bertz CT molecular complexity index is 756. The molecule has 10 nitrogen and oxygen atoms in total. The lowest BCUT2D eigenvalue weighted by atomic mass is 10.1. The van der Waals surface area contributed by atoms with Crippen molar-refractivity contribution in [2.24, 2.45) is 5.73 Å². The number of aliphatic hydroxyl groups excluding tert-OH is 1. The van der Waals surface area contributed by atoms with Gasteiger partial charge in [0.2, 0.25) is 0 Å². The molecule has 25 heavy (non-hydrogen) atoms. The molecule has 1 aliphatic rings. The number of fused-ring (bicyclic) bond motifs is 1. The number of ether oxygens (including phenoxy) is 1. The van der Waals surface area contributed by atoms with Crippen molar-refractivity contribution in [2.75, 3.05) is 17.2 Å². The van der Waals surface area contributed by atoms with Gasteiger partial charge in [-0.1, -0.05) is 0 Å². The van der Waals surface area contributed by atoms with Crippen LogP contribution in [0, 0.1) is 0 Å². The number of H-pyrrole nitrogens is 1. The molecule has 0 spiro atoms. The number of thioether (sulfide) groups is 1. The number of nitrogens with zero attached hydrogens (tertiary/aromatic N) is 3. The van der Waals surface area contributed by atoms with Crippen molar-refractivity contribution in [2.45, 2.75) is 37.2 Å². The van der Waals surface area contributed by atoms with E-state index in [2.05, 4.69) is 20.2 Å².